The van der Waals surface area contributed by atoms with Crippen molar-refractivity contribution in [3.05, 3.63) is 35.1 Å². The number of nitriles is 1. The predicted molar refractivity (Wildman–Crippen MR) is 73.0 cm³/mol. The van der Waals surface area contributed by atoms with Crippen LogP contribution in [0.15, 0.2) is 18.2 Å². The molecule has 0 radical (unpaired) electrons. The van der Waals surface area contributed by atoms with Crippen LogP contribution in [0.3, 0.4) is 0 Å². The highest BCUT2D eigenvalue weighted by molar-refractivity contribution is 5.76. The summed E-state index contributed by atoms with van der Waals surface area (Å²) in [5.74, 6) is -0.906. The van der Waals surface area contributed by atoms with Gasteiger partial charge in [-0.15, -0.1) is 0 Å². The summed E-state index contributed by atoms with van der Waals surface area (Å²) in [5, 5.41) is 8.86. The molecule has 1 amide bonds. The molecule has 0 spiro atoms. The molecule has 1 aromatic carbocycles. The molecule has 1 aromatic rings. The van der Waals surface area contributed by atoms with Crippen LogP contribution in [0.2, 0.25) is 0 Å². The van der Waals surface area contributed by atoms with Crippen LogP contribution in [-0.2, 0) is 11.3 Å². The van der Waals surface area contributed by atoms with Gasteiger partial charge in [-0.05, 0) is 18.9 Å². The van der Waals surface area contributed by atoms with E-state index in [1.165, 1.54) is 6.07 Å². The van der Waals surface area contributed by atoms with Gasteiger partial charge in [-0.3, -0.25) is 9.69 Å². The monoisotopic (exact) mass is 275 g/mol. The van der Waals surface area contributed by atoms with E-state index in [9.17, 15) is 9.18 Å². The first-order chi connectivity index (χ1) is 9.61. The van der Waals surface area contributed by atoms with Gasteiger partial charge in [-0.2, -0.15) is 5.26 Å². The second kappa shape index (κ2) is 6.49. The number of amides is 1. The van der Waals surface area contributed by atoms with E-state index in [0.717, 1.165) is 25.7 Å². The lowest BCUT2D eigenvalue weighted by molar-refractivity contribution is -0.119. The highest BCUT2D eigenvalue weighted by Gasteiger charge is 2.24. The first-order valence-corrected chi connectivity index (χ1v) is 6.81. The quantitative estimate of drug-likeness (QED) is 0.892. The van der Waals surface area contributed by atoms with E-state index in [-0.39, 0.29) is 18.2 Å². The molecule has 106 valence electrons. The van der Waals surface area contributed by atoms with Gasteiger partial charge in [0.05, 0.1) is 12.1 Å². The third kappa shape index (κ3) is 3.34. The van der Waals surface area contributed by atoms with E-state index in [2.05, 4.69) is 0 Å². The highest BCUT2D eigenvalue weighted by Crippen LogP contribution is 2.25. The van der Waals surface area contributed by atoms with E-state index in [0.29, 0.717) is 12.1 Å². The van der Waals surface area contributed by atoms with Crippen LogP contribution in [0.1, 0.15) is 36.8 Å². The maximum Gasteiger partial charge on any atom is 0.231 e. The molecule has 1 aliphatic rings. The van der Waals surface area contributed by atoms with Gasteiger partial charge < -0.3 is 5.73 Å². The number of hydrogen-bond donors (Lipinski definition) is 1. The van der Waals surface area contributed by atoms with E-state index in [1.54, 1.807) is 12.1 Å². The maximum atomic E-state index is 14.1. The van der Waals surface area contributed by atoms with Gasteiger partial charge in [0.2, 0.25) is 5.91 Å². The van der Waals surface area contributed by atoms with Crippen molar-refractivity contribution in [2.24, 2.45) is 5.73 Å². The largest absolute Gasteiger partial charge is 0.369 e. The van der Waals surface area contributed by atoms with Crippen LogP contribution in [0.4, 0.5) is 4.39 Å². The number of carbonyl (C=O) groups excluding carboxylic acids is 1. The molecule has 2 N–H and O–H groups in total. The smallest absolute Gasteiger partial charge is 0.231 e. The molecule has 5 heteroatoms. The third-order valence-electron chi connectivity index (χ3n) is 3.77. The fourth-order valence-electron chi connectivity index (χ4n) is 2.79. The van der Waals surface area contributed by atoms with Crippen LogP contribution in [0.25, 0.3) is 0 Å². The van der Waals surface area contributed by atoms with Crippen molar-refractivity contribution in [3.8, 4) is 6.07 Å². The topological polar surface area (TPSA) is 70.1 Å². The number of halogens is 1. The summed E-state index contributed by atoms with van der Waals surface area (Å²) in [6, 6.07) is 6.87. The van der Waals surface area contributed by atoms with Crippen molar-refractivity contribution in [2.75, 3.05) is 6.54 Å². The molecule has 0 saturated heterocycles. The predicted octanol–water partition coefficient (Wildman–Crippen LogP) is 1.93. The van der Waals surface area contributed by atoms with Crippen molar-refractivity contribution in [3.63, 3.8) is 0 Å². The normalized spacial score (nSPS) is 15.4. The van der Waals surface area contributed by atoms with Gasteiger partial charge in [0.15, 0.2) is 0 Å². The Labute approximate surface area is 118 Å². The Morgan fingerprint density at radius 1 is 1.45 bits per heavy atom. The lowest BCUT2D eigenvalue weighted by Gasteiger charge is -2.27. The Bertz CT molecular complexity index is 532. The third-order valence-corrected chi connectivity index (χ3v) is 3.77. The zero-order valence-corrected chi connectivity index (χ0v) is 11.3. The molecule has 20 heavy (non-hydrogen) atoms. The van der Waals surface area contributed by atoms with Crippen molar-refractivity contribution in [2.45, 2.75) is 38.3 Å². The van der Waals surface area contributed by atoms with E-state index >= 15 is 0 Å². The molecule has 1 aliphatic carbocycles. The first-order valence-electron chi connectivity index (χ1n) is 6.81. The van der Waals surface area contributed by atoms with Gasteiger partial charge in [0, 0.05) is 18.2 Å². The fourth-order valence-corrected chi connectivity index (χ4v) is 2.79. The number of primary amides is 1. The Morgan fingerprint density at radius 3 is 2.75 bits per heavy atom. The maximum absolute atomic E-state index is 14.1. The lowest BCUT2D eigenvalue weighted by atomic mass is 10.1. The van der Waals surface area contributed by atoms with Crippen LogP contribution in [0.5, 0.6) is 0 Å². The van der Waals surface area contributed by atoms with Gasteiger partial charge in [-0.25, -0.2) is 4.39 Å². The second-order valence-electron chi connectivity index (χ2n) is 5.20. The van der Waals surface area contributed by atoms with Crippen LogP contribution in [-0.4, -0.2) is 23.4 Å². The number of nitrogens with two attached hydrogens (primary N) is 1. The molecule has 1 fully saturated rings. The molecule has 0 unspecified atom stereocenters. The van der Waals surface area contributed by atoms with Gasteiger partial charge in [0.25, 0.3) is 0 Å². The molecular weight excluding hydrogens is 257 g/mol. The molecule has 4 nitrogen and oxygen atoms in total. The molecular formula is C15H18FN3O. The van der Waals surface area contributed by atoms with Crippen LogP contribution < -0.4 is 5.73 Å². The zero-order chi connectivity index (χ0) is 14.5. The number of rotatable bonds is 5. The Morgan fingerprint density at radius 2 is 2.15 bits per heavy atom. The Balaban J connectivity index is 2.19. The van der Waals surface area contributed by atoms with Crippen LogP contribution in [0, 0.1) is 17.1 Å². The Kier molecular flexibility index (Phi) is 4.70. The summed E-state index contributed by atoms with van der Waals surface area (Å²) in [5.41, 5.74) is 5.76. The summed E-state index contributed by atoms with van der Waals surface area (Å²) >= 11 is 0. The fraction of sp³-hybridized carbons (Fsp3) is 0.467. The average molecular weight is 275 g/mol. The molecule has 0 aliphatic heterocycles. The number of benzene rings is 1. The molecule has 0 atom stereocenters. The number of hydrogen-bond acceptors (Lipinski definition) is 3. The van der Waals surface area contributed by atoms with Crippen LogP contribution >= 0.6 is 0 Å². The summed E-state index contributed by atoms with van der Waals surface area (Å²) < 4.78 is 14.1. The van der Waals surface area contributed by atoms with Gasteiger partial charge in [0.1, 0.15) is 11.9 Å². The molecule has 0 aromatic heterocycles. The first kappa shape index (κ1) is 14.5. The minimum atomic E-state index is -0.498. The van der Waals surface area contributed by atoms with E-state index in [4.69, 9.17) is 11.0 Å². The molecule has 1 saturated carbocycles. The van der Waals surface area contributed by atoms with E-state index in [1.807, 2.05) is 11.0 Å². The minimum Gasteiger partial charge on any atom is -0.369 e. The molecule has 2 rings (SSSR count). The van der Waals surface area contributed by atoms with E-state index < -0.39 is 11.7 Å². The standard InChI is InChI=1S/C15H18FN3O/c16-15-11(8-17)4-3-5-12(15)9-19(10-14(18)20)13-6-1-2-7-13/h3-5,13H,1-2,6-7,9-10H2,(H2,18,20). The van der Waals surface area contributed by atoms with Crippen molar-refractivity contribution < 1.29 is 9.18 Å². The highest BCUT2D eigenvalue weighted by atomic mass is 19.1. The minimum absolute atomic E-state index is 0.0351. The summed E-state index contributed by atoms with van der Waals surface area (Å²) in [4.78, 5) is 13.1. The number of carbonyl (C=O) groups is 1. The SMILES string of the molecule is N#Cc1cccc(CN(CC(N)=O)C2CCCC2)c1F. The second-order valence-corrected chi connectivity index (χ2v) is 5.20. The summed E-state index contributed by atoms with van der Waals surface area (Å²) in [7, 11) is 0. The molecule has 0 heterocycles. The molecule has 0 bridgehead atoms. The van der Waals surface area contributed by atoms with Gasteiger partial charge >= 0.3 is 0 Å². The Hall–Kier alpha value is -1.93. The summed E-state index contributed by atoms with van der Waals surface area (Å²) in [6.45, 7) is 0.440. The number of nitrogens with zero attached hydrogens (tertiary/aromatic N) is 2. The van der Waals surface area contributed by atoms with Crippen molar-refractivity contribution in [1.82, 2.24) is 4.90 Å². The average Bonchev–Trinajstić information content (AvgIpc) is 2.93. The van der Waals surface area contributed by atoms with Crippen molar-refractivity contribution in [1.29, 1.82) is 5.26 Å². The van der Waals surface area contributed by atoms with Gasteiger partial charge in [-0.1, -0.05) is 25.0 Å². The summed E-state index contributed by atoms with van der Waals surface area (Å²) in [6.07, 6.45) is 4.26. The zero-order valence-electron chi connectivity index (χ0n) is 11.3. The lowest BCUT2D eigenvalue weighted by Crippen LogP contribution is -2.39. The van der Waals surface area contributed by atoms with Crippen molar-refractivity contribution >= 4 is 5.91 Å².